The minimum Gasteiger partial charge on any atom is -0.493 e. The summed E-state index contributed by atoms with van der Waals surface area (Å²) in [4.78, 5) is 16.4. The molecule has 6 heteroatoms. The van der Waals surface area contributed by atoms with Crippen molar-refractivity contribution in [2.45, 2.75) is 0 Å². The normalized spacial score (nSPS) is 10.8. The third-order valence-electron chi connectivity index (χ3n) is 3.39. The number of nitrogens with zero attached hydrogens (tertiary/aromatic N) is 1. The van der Waals surface area contributed by atoms with Crippen LogP contribution in [0, 0.1) is 0 Å². The second-order valence-corrected chi connectivity index (χ2v) is 4.98. The van der Waals surface area contributed by atoms with Crippen molar-refractivity contribution in [3.8, 4) is 11.5 Å². The Morgan fingerprint density at radius 2 is 1.76 bits per heavy atom. The van der Waals surface area contributed by atoms with E-state index in [-0.39, 0.29) is 5.91 Å². The molecule has 2 aromatic carbocycles. The average molecular weight is 339 g/mol. The first-order valence-corrected chi connectivity index (χ1v) is 7.66. The van der Waals surface area contributed by atoms with Crippen molar-refractivity contribution in [3.05, 3.63) is 60.3 Å². The van der Waals surface area contributed by atoms with Crippen LogP contribution in [0.1, 0.15) is 10.4 Å². The molecule has 2 aromatic rings. The lowest BCUT2D eigenvalue weighted by molar-refractivity contribution is 0.102. The van der Waals surface area contributed by atoms with E-state index >= 15 is 0 Å². The highest BCUT2D eigenvalue weighted by Crippen LogP contribution is 2.28. The smallest absolute Gasteiger partial charge is 0.255 e. The van der Waals surface area contributed by atoms with E-state index in [4.69, 9.17) is 9.47 Å². The summed E-state index contributed by atoms with van der Waals surface area (Å²) in [5, 5.41) is 6.01. The maximum absolute atomic E-state index is 12.5. The zero-order valence-electron chi connectivity index (χ0n) is 14.4. The molecule has 0 unspecified atom stereocenters. The Morgan fingerprint density at radius 1 is 1.04 bits per heavy atom. The van der Waals surface area contributed by atoms with Gasteiger partial charge in [0.2, 0.25) is 0 Å². The highest BCUT2D eigenvalue weighted by atomic mass is 16.5. The Hall–Kier alpha value is -3.28. The summed E-state index contributed by atoms with van der Waals surface area (Å²) in [6, 6.07) is 12.5. The van der Waals surface area contributed by atoms with Crippen LogP contribution < -0.4 is 20.1 Å². The van der Waals surface area contributed by atoms with Crippen LogP contribution in [0.2, 0.25) is 0 Å². The Kier molecular flexibility index (Phi) is 6.59. The van der Waals surface area contributed by atoms with Crippen molar-refractivity contribution in [1.29, 1.82) is 0 Å². The fraction of sp³-hybridized carbons (Fsp3) is 0.158. The van der Waals surface area contributed by atoms with Crippen LogP contribution >= 0.6 is 0 Å². The van der Waals surface area contributed by atoms with E-state index in [0.717, 1.165) is 5.69 Å². The number of amides is 1. The molecule has 0 atom stereocenters. The fourth-order valence-electron chi connectivity index (χ4n) is 2.16. The zero-order valence-corrected chi connectivity index (χ0v) is 14.4. The molecule has 130 valence electrons. The third-order valence-corrected chi connectivity index (χ3v) is 3.39. The SMILES string of the molecule is CN=C/C=C\Nc1ccccc1NC(=O)c1ccc(OC)c(OC)c1. The first kappa shape index (κ1) is 18.1. The van der Waals surface area contributed by atoms with Gasteiger partial charge in [0.05, 0.1) is 25.6 Å². The van der Waals surface area contributed by atoms with Gasteiger partial charge in [-0.15, -0.1) is 0 Å². The molecule has 0 radical (unpaired) electrons. The van der Waals surface area contributed by atoms with Crippen LogP contribution in [-0.4, -0.2) is 33.4 Å². The van der Waals surface area contributed by atoms with E-state index < -0.39 is 0 Å². The molecule has 2 rings (SSSR count). The van der Waals surface area contributed by atoms with Gasteiger partial charge in [-0.1, -0.05) is 12.1 Å². The van der Waals surface area contributed by atoms with Gasteiger partial charge in [-0.05, 0) is 36.4 Å². The predicted octanol–water partition coefficient (Wildman–Crippen LogP) is 3.58. The van der Waals surface area contributed by atoms with Gasteiger partial charge in [0.1, 0.15) is 0 Å². The lowest BCUT2D eigenvalue weighted by Crippen LogP contribution is -2.13. The summed E-state index contributed by atoms with van der Waals surface area (Å²) in [6.45, 7) is 0. The molecule has 0 saturated carbocycles. The Balaban J connectivity index is 2.18. The zero-order chi connectivity index (χ0) is 18.1. The maximum atomic E-state index is 12.5. The first-order chi connectivity index (χ1) is 12.2. The lowest BCUT2D eigenvalue weighted by Gasteiger charge is -2.12. The van der Waals surface area contributed by atoms with E-state index in [2.05, 4.69) is 15.6 Å². The molecule has 0 fully saturated rings. The third kappa shape index (κ3) is 4.84. The number of rotatable bonds is 7. The molecular weight excluding hydrogens is 318 g/mol. The number of anilines is 2. The summed E-state index contributed by atoms with van der Waals surface area (Å²) >= 11 is 0. The standard InChI is InChI=1S/C19H21N3O3/c1-20-11-6-12-21-15-7-4-5-8-16(15)22-19(23)14-9-10-17(24-2)18(13-14)25-3/h4-13,21H,1-3H3,(H,22,23)/b12-6-,20-11?. The number of benzene rings is 2. The summed E-state index contributed by atoms with van der Waals surface area (Å²) in [5.74, 6) is 0.835. The molecule has 0 aliphatic heterocycles. The van der Waals surface area contributed by atoms with Crippen molar-refractivity contribution in [3.63, 3.8) is 0 Å². The largest absolute Gasteiger partial charge is 0.493 e. The number of hydrogen-bond donors (Lipinski definition) is 2. The van der Waals surface area contributed by atoms with Crippen LogP contribution in [0.3, 0.4) is 0 Å². The van der Waals surface area contributed by atoms with Gasteiger partial charge in [0.15, 0.2) is 11.5 Å². The number of ether oxygens (including phenoxy) is 2. The lowest BCUT2D eigenvalue weighted by atomic mass is 10.1. The van der Waals surface area contributed by atoms with Crippen LogP contribution in [0.15, 0.2) is 59.7 Å². The summed E-state index contributed by atoms with van der Waals surface area (Å²) in [7, 11) is 4.78. The van der Waals surface area contributed by atoms with E-state index in [1.807, 2.05) is 24.3 Å². The van der Waals surface area contributed by atoms with Gasteiger partial charge in [-0.2, -0.15) is 0 Å². The van der Waals surface area contributed by atoms with Crippen molar-refractivity contribution in [1.82, 2.24) is 0 Å². The Labute approximate surface area is 147 Å². The molecule has 0 heterocycles. The van der Waals surface area contributed by atoms with Crippen LogP contribution in [0.25, 0.3) is 0 Å². The predicted molar refractivity (Wildman–Crippen MR) is 101 cm³/mol. The topological polar surface area (TPSA) is 72.0 Å². The molecule has 0 spiro atoms. The Bertz CT molecular complexity index is 785. The number of carbonyl (C=O) groups excluding carboxylic acids is 1. The van der Waals surface area contributed by atoms with Crippen LogP contribution in [0.4, 0.5) is 11.4 Å². The van der Waals surface area contributed by atoms with Gasteiger partial charge in [-0.25, -0.2) is 0 Å². The van der Waals surface area contributed by atoms with Gasteiger partial charge in [0.25, 0.3) is 5.91 Å². The molecule has 0 aromatic heterocycles. The number of allylic oxidation sites excluding steroid dienone is 1. The van der Waals surface area contributed by atoms with Crippen LogP contribution in [-0.2, 0) is 0 Å². The van der Waals surface area contributed by atoms with Crippen molar-refractivity contribution >= 4 is 23.5 Å². The highest BCUT2D eigenvalue weighted by molar-refractivity contribution is 6.06. The summed E-state index contributed by atoms with van der Waals surface area (Å²) < 4.78 is 10.4. The molecule has 1 amide bonds. The number of nitrogens with one attached hydrogen (secondary N) is 2. The quantitative estimate of drug-likeness (QED) is 0.756. The summed E-state index contributed by atoms with van der Waals surface area (Å²) in [6.07, 6.45) is 5.18. The fourth-order valence-corrected chi connectivity index (χ4v) is 2.16. The van der Waals surface area contributed by atoms with E-state index in [1.165, 1.54) is 7.11 Å². The number of para-hydroxylation sites is 2. The molecule has 0 aliphatic rings. The molecule has 0 saturated heterocycles. The van der Waals surface area contributed by atoms with Gasteiger partial charge in [-0.3, -0.25) is 9.79 Å². The number of carbonyl (C=O) groups is 1. The monoisotopic (exact) mass is 339 g/mol. The van der Waals surface area contributed by atoms with Crippen molar-refractivity contribution in [2.24, 2.45) is 4.99 Å². The maximum Gasteiger partial charge on any atom is 0.255 e. The number of aliphatic imine (C=N–C) groups is 1. The Morgan fingerprint density at radius 3 is 2.44 bits per heavy atom. The average Bonchev–Trinajstić information content (AvgIpc) is 2.65. The highest BCUT2D eigenvalue weighted by Gasteiger charge is 2.12. The molecule has 0 aliphatic carbocycles. The number of hydrogen-bond acceptors (Lipinski definition) is 5. The van der Waals surface area contributed by atoms with E-state index in [0.29, 0.717) is 22.7 Å². The second kappa shape index (κ2) is 9.12. The molecule has 25 heavy (non-hydrogen) atoms. The van der Waals surface area contributed by atoms with Crippen molar-refractivity contribution < 1.29 is 14.3 Å². The minimum absolute atomic E-state index is 0.241. The first-order valence-electron chi connectivity index (χ1n) is 7.66. The second-order valence-electron chi connectivity index (χ2n) is 4.98. The van der Waals surface area contributed by atoms with Gasteiger partial charge >= 0.3 is 0 Å². The van der Waals surface area contributed by atoms with Crippen LogP contribution in [0.5, 0.6) is 11.5 Å². The van der Waals surface area contributed by atoms with Crippen molar-refractivity contribution in [2.75, 3.05) is 31.9 Å². The minimum atomic E-state index is -0.241. The molecule has 6 nitrogen and oxygen atoms in total. The molecule has 0 bridgehead atoms. The molecular formula is C19H21N3O3. The summed E-state index contributed by atoms with van der Waals surface area (Å²) in [5.41, 5.74) is 1.92. The van der Waals surface area contributed by atoms with E-state index in [1.54, 1.807) is 50.8 Å². The number of methoxy groups -OCH3 is 2. The van der Waals surface area contributed by atoms with E-state index in [9.17, 15) is 4.79 Å². The van der Waals surface area contributed by atoms with Gasteiger partial charge in [0, 0.05) is 25.0 Å². The van der Waals surface area contributed by atoms with Gasteiger partial charge < -0.3 is 20.1 Å². The molecule has 2 N–H and O–H groups in total.